The number of nitrogens with zero attached hydrogens (tertiary/aromatic N) is 1. The third-order valence-corrected chi connectivity index (χ3v) is 7.93. The molecule has 2 fully saturated rings. The van der Waals surface area contributed by atoms with Crippen LogP contribution in [0.2, 0.25) is 5.02 Å². The van der Waals surface area contributed by atoms with Crippen LogP contribution in [-0.4, -0.2) is 29.7 Å². The van der Waals surface area contributed by atoms with Gasteiger partial charge in [0.1, 0.15) is 5.54 Å². The number of carbonyl (C=O) groups excluding carboxylic acids is 4. The number of imide groups is 1. The van der Waals surface area contributed by atoms with E-state index < -0.39 is 47.0 Å². The maximum Gasteiger partial charge on any atom is 0.250 e. The summed E-state index contributed by atoms with van der Waals surface area (Å²) in [5, 5.41) is 6.53. The van der Waals surface area contributed by atoms with Gasteiger partial charge in [0.2, 0.25) is 23.6 Å². The molecule has 9 heteroatoms. The summed E-state index contributed by atoms with van der Waals surface area (Å²) >= 11 is 6.28. The number of fused-ring (bicyclic) bond motifs is 4. The van der Waals surface area contributed by atoms with E-state index in [1.807, 2.05) is 12.1 Å². The van der Waals surface area contributed by atoms with Crippen molar-refractivity contribution in [1.29, 1.82) is 0 Å². The van der Waals surface area contributed by atoms with Crippen LogP contribution in [0, 0.1) is 18.8 Å². The Labute approximate surface area is 208 Å². The van der Waals surface area contributed by atoms with E-state index in [-0.39, 0.29) is 6.42 Å². The Morgan fingerprint density at radius 3 is 2.49 bits per heavy atom. The number of aryl methyl sites for hydroxylation is 1. The van der Waals surface area contributed by atoms with Gasteiger partial charge in [-0.2, -0.15) is 0 Å². The molecule has 35 heavy (non-hydrogen) atoms. The number of anilines is 2. The molecule has 0 saturated carbocycles. The van der Waals surface area contributed by atoms with Gasteiger partial charge in [0.05, 0.1) is 23.2 Å². The molecule has 2 aromatic rings. The molecule has 0 aromatic heterocycles. The van der Waals surface area contributed by atoms with Gasteiger partial charge < -0.3 is 11.1 Å². The highest BCUT2D eigenvalue weighted by Crippen LogP contribution is 2.55. The second kappa shape index (κ2) is 8.46. The molecule has 3 heterocycles. The summed E-state index contributed by atoms with van der Waals surface area (Å²) in [5.41, 5.74) is 7.30. The SMILES string of the molecule is CCCCc1ccc(N2C(=O)[C@@H]3[C@H](CC(N)=O)N[C@@]4(C(=O)Nc5c4ccc(Cl)c5C)[C@@H]3C2=O)cc1. The topological polar surface area (TPSA) is 122 Å². The van der Waals surface area contributed by atoms with Crippen molar-refractivity contribution in [3.8, 4) is 0 Å². The highest BCUT2D eigenvalue weighted by molar-refractivity contribution is 6.32. The molecule has 0 aliphatic carbocycles. The van der Waals surface area contributed by atoms with Crippen LogP contribution in [0.15, 0.2) is 36.4 Å². The van der Waals surface area contributed by atoms with Gasteiger partial charge in [0.15, 0.2) is 0 Å². The minimum absolute atomic E-state index is 0.180. The van der Waals surface area contributed by atoms with Crippen LogP contribution in [0.1, 0.15) is 42.9 Å². The third-order valence-electron chi connectivity index (χ3n) is 7.52. The normalized spacial score (nSPS) is 26.9. The third kappa shape index (κ3) is 3.38. The van der Waals surface area contributed by atoms with Crippen molar-refractivity contribution in [2.45, 2.75) is 51.1 Å². The largest absolute Gasteiger partial charge is 0.370 e. The Morgan fingerprint density at radius 1 is 1.11 bits per heavy atom. The van der Waals surface area contributed by atoms with Crippen molar-refractivity contribution >= 4 is 46.6 Å². The summed E-state index contributed by atoms with van der Waals surface area (Å²) in [7, 11) is 0. The summed E-state index contributed by atoms with van der Waals surface area (Å²) in [6, 6.07) is 9.95. The van der Waals surface area contributed by atoms with Gasteiger partial charge >= 0.3 is 0 Å². The first-order valence-corrected chi connectivity index (χ1v) is 12.2. The highest BCUT2D eigenvalue weighted by Gasteiger charge is 2.70. The lowest BCUT2D eigenvalue weighted by molar-refractivity contribution is -0.130. The maximum absolute atomic E-state index is 13.9. The van der Waals surface area contributed by atoms with Crippen molar-refractivity contribution in [3.05, 3.63) is 58.1 Å². The van der Waals surface area contributed by atoms with E-state index in [9.17, 15) is 19.2 Å². The van der Waals surface area contributed by atoms with Crippen LogP contribution in [0.5, 0.6) is 0 Å². The molecule has 2 aromatic carbocycles. The number of benzene rings is 2. The molecule has 1 spiro atoms. The van der Waals surface area contributed by atoms with E-state index in [2.05, 4.69) is 17.6 Å². The van der Waals surface area contributed by atoms with Gasteiger partial charge in [-0.15, -0.1) is 0 Å². The summed E-state index contributed by atoms with van der Waals surface area (Å²) in [6.45, 7) is 3.90. The van der Waals surface area contributed by atoms with Gasteiger partial charge in [-0.3, -0.25) is 24.5 Å². The molecule has 5 rings (SSSR count). The summed E-state index contributed by atoms with van der Waals surface area (Å²) in [6.07, 6.45) is 2.85. The van der Waals surface area contributed by atoms with Gasteiger partial charge in [-0.05, 0) is 49.1 Å². The van der Waals surface area contributed by atoms with E-state index in [4.69, 9.17) is 17.3 Å². The van der Waals surface area contributed by atoms with Crippen LogP contribution < -0.4 is 21.3 Å². The Bertz CT molecular complexity index is 1260. The number of carbonyl (C=O) groups is 4. The number of nitrogens with two attached hydrogens (primary N) is 1. The molecule has 8 nitrogen and oxygen atoms in total. The number of halogens is 1. The van der Waals surface area contributed by atoms with Crippen molar-refractivity contribution in [2.24, 2.45) is 17.6 Å². The van der Waals surface area contributed by atoms with Gasteiger partial charge in [0.25, 0.3) is 0 Å². The van der Waals surface area contributed by atoms with E-state index >= 15 is 0 Å². The number of primary amides is 1. The van der Waals surface area contributed by atoms with Gasteiger partial charge in [-0.1, -0.05) is 43.1 Å². The molecule has 0 unspecified atom stereocenters. The fraction of sp³-hybridized carbons (Fsp3) is 0.385. The minimum atomic E-state index is -1.50. The number of nitrogens with one attached hydrogen (secondary N) is 2. The molecule has 3 aliphatic heterocycles. The molecule has 0 radical (unpaired) electrons. The Balaban J connectivity index is 1.60. The highest BCUT2D eigenvalue weighted by atomic mass is 35.5. The van der Waals surface area contributed by atoms with E-state index in [1.54, 1.807) is 31.2 Å². The van der Waals surface area contributed by atoms with Gasteiger partial charge in [-0.25, -0.2) is 4.90 Å². The lowest BCUT2D eigenvalue weighted by Crippen LogP contribution is -2.53. The van der Waals surface area contributed by atoms with Crippen LogP contribution >= 0.6 is 11.6 Å². The first kappa shape index (κ1) is 23.5. The first-order chi connectivity index (χ1) is 16.7. The predicted molar refractivity (Wildman–Crippen MR) is 132 cm³/mol. The molecule has 4 amide bonds. The summed E-state index contributed by atoms with van der Waals surface area (Å²) < 4.78 is 0. The monoisotopic (exact) mass is 494 g/mol. The predicted octanol–water partition coefficient (Wildman–Crippen LogP) is 2.79. The lowest BCUT2D eigenvalue weighted by atomic mass is 9.76. The lowest BCUT2D eigenvalue weighted by Gasteiger charge is -2.29. The molecule has 0 bridgehead atoms. The Morgan fingerprint density at radius 2 is 1.83 bits per heavy atom. The Hall–Kier alpha value is -3.23. The van der Waals surface area contributed by atoms with Crippen LogP contribution in [0.4, 0.5) is 11.4 Å². The number of hydrogen-bond donors (Lipinski definition) is 3. The zero-order chi connectivity index (χ0) is 25.1. The number of amides is 4. The van der Waals surface area contributed by atoms with E-state index in [0.29, 0.717) is 27.5 Å². The first-order valence-electron chi connectivity index (χ1n) is 11.8. The molecular formula is C26H27ClN4O4. The van der Waals surface area contributed by atoms with E-state index in [0.717, 1.165) is 29.7 Å². The fourth-order valence-electron chi connectivity index (χ4n) is 5.83. The molecule has 4 N–H and O–H groups in total. The number of unbranched alkanes of at least 4 members (excludes halogenated alkanes) is 1. The minimum Gasteiger partial charge on any atom is -0.370 e. The molecular weight excluding hydrogens is 468 g/mol. The molecule has 3 aliphatic rings. The van der Waals surface area contributed by atoms with Crippen molar-refractivity contribution in [1.82, 2.24) is 5.32 Å². The van der Waals surface area contributed by atoms with Crippen molar-refractivity contribution in [2.75, 3.05) is 10.2 Å². The summed E-state index contributed by atoms with van der Waals surface area (Å²) in [4.78, 5) is 54.1. The standard InChI is InChI=1S/C26H27ClN4O4/c1-3-4-5-14-6-8-15(9-7-14)31-23(33)20-18(12-19(28)32)30-26(21(20)24(31)34)16-10-11-17(27)13(2)22(16)29-25(26)35/h6-11,18,20-21,30H,3-5,12H2,1-2H3,(H2,28,32)(H,29,35)/t18-,20+,21-,26+/m0/s1. The van der Waals surface area contributed by atoms with Crippen molar-refractivity contribution < 1.29 is 19.2 Å². The quantitative estimate of drug-likeness (QED) is 0.533. The molecule has 182 valence electrons. The molecule has 4 atom stereocenters. The number of rotatable bonds is 6. The average Bonchev–Trinajstić information content (AvgIpc) is 3.40. The second-order valence-electron chi connectivity index (χ2n) is 9.56. The second-order valence-corrected chi connectivity index (χ2v) is 9.97. The zero-order valence-corrected chi connectivity index (χ0v) is 20.3. The average molecular weight is 495 g/mol. The summed E-state index contributed by atoms with van der Waals surface area (Å²) in [5.74, 6) is -3.93. The van der Waals surface area contributed by atoms with Crippen LogP contribution in [0.3, 0.4) is 0 Å². The van der Waals surface area contributed by atoms with Gasteiger partial charge in [0, 0.05) is 23.0 Å². The molecule has 2 saturated heterocycles. The van der Waals surface area contributed by atoms with Crippen LogP contribution in [-0.2, 0) is 31.1 Å². The fourth-order valence-corrected chi connectivity index (χ4v) is 5.99. The van der Waals surface area contributed by atoms with Crippen molar-refractivity contribution in [3.63, 3.8) is 0 Å². The Kier molecular flexibility index (Phi) is 5.68. The van der Waals surface area contributed by atoms with E-state index in [1.165, 1.54) is 0 Å². The smallest absolute Gasteiger partial charge is 0.250 e. The van der Waals surface area contributed by atoms with Crippen LogP contribution in [0.25, 0.3) is 0 Å². The number of hydrogen-bond acceptors (Lipinski definition) is 5. The zero-order valence-electron chi connectivity index (χ0n) is 19.6. The maximum atomic E-state index is 13.9.